The lowest BCUT2D eigenvalue weighted by Gasteiger charge is -2.29. The van der Waals surface area contributed by atoms with E-state index in [9.17, 15) is 14.9 Å². The fourth-order valence-electron chi connectivity index (χ4n) is 5.88. The van der Waals surface area contributed by atoms with Crippen molar-refractivity contribution in [3.05, 3.63) is 105 Å². The average molecular weight is 676 g/mol. The Kier molecular flexibility index (Phi) is 9.30. The van der Waals surface area contributed by atoms with Gasteiger partial charge in [0.2, 0.25) is 0 Å². The van der Waals surface area contributed by atoms with Crippen molar-refractivity contribution in [2.24, 2.45) is 0 Å². The number of hydrogen-bond acceptors (Lipinski definition) is 10. The Labute approximate surface area is 289 Å². The minimum atomic E-state index is -1.35. The second-order valence-corrected chi connectivity index (χ2v) is 14.2. The summed E-state index contributed by atoms with van der Waals surface area (Å²) in [6.07, 6.45) is 1.29. The number of carbonyl (C=O) groups excluding carboxylic acids is 2. The first-order chi connectivity index (χ1) is 23.4. The number of ether oxygens (including phenoxy) is 1. The molecule has 12 heteroatoms. The number of benzene rings is 2. The Morgan fingerprint density at radius 3 is 2.49 bits per heavy atom. The highest BCUT2D eigenvalue weighted by Gasteiger charge is 2.39. The summed E-state index contributed by atoms with van der Waals surface area (Å²) in [7, 11) is 0. The number of thiazole rings is 1. The van der Waals surface area contributed by atoms with Gasteiger partial charge >= 0.3 is 6.09 Å². The number of nitrogens with one attached hydrogen (secondary N) is 1. The van der Waals surface area contributed by atoms with Crippen molar-refractivity contribution >= 4 is 23.3 Å². The second kappa shape index (κ2) is 13.6. The van der Waals surface area contributed by atoms with Crippen molar-refractivity contribution in [2.45, 2.75) is 71.1 Å². The smallest absolute Gasteiger partial charge is 0.408 e. The Balaban J connectivity index is 1.41. The van der Waals surface area contributed by atoms with Gasteiger partial charge in [-0.25, -0.2) is 14.8 Å². The summed E-state index contributed by atoms with van der Waals surface area (Å²) >= 11 is 1.55. The molecule has 250 valence electrons. The topological polar surface area (TPSA) is 147 Å². The van der Waals surface area contributed by atoms with Gasteiger partial charge in [-0.1, -0.05) is 48.5 Å². The standard InChI is InChI=1S/C37H37N7O4S/c1-23-22-49-32(39-23)30-16-11-17-44(30)33(45)26-18-28(27-15-10-9-14-25(27)21-38)40-29(19-26)31-42-43-34(47-31)37(5,20-24-12-7-6-8-13-24)48-35(46)41-36(2,3)4/h6-10,12-15,18-19,22,30H,11,16-17,20H2,1-5H3,(H,41,46)/t30-,37-/m1/s1. The van der Waals surface area contributed by atoms with Gasteiger partial charge in [0.05, 0.1) is 23.4 Å². The first kappa shape index (κ1) is 33.5. The number of rotatable bonds is 8. The molecule has 0 unspecified atom stereocenters. The van der Waals surface area contributed by atoms with Crippen LogP contribution in [0.2, 0.25) is 0 Å². The van der Waals surface area contributed by atoms with E-state index in [4.69, 9.17) is 14.1 Å². The molecule has 2 amide bonds. The largest absolute Gasteiger partial charge is 0.433 e. The maximum Gasteiger partial charge on any atom is 0.408 e. The molecule has 4 heterocycles. The molecular weight excluding hydrogens is 639 g/mol. The van der Waals surface area contributed by atoms with E-state index in [-0.39, 0.29) is 35.8 Å². The zero-order valence-electron chi connectivity index (χ0n) is 28.1. The predicted molar refractivity (Wildman–Crippen MR) is 184 cm³/mol. The van der Waals surface area contributed by atoms with E-state index in [1.807, 2.05) is 74.4 Å². The van der Waals surface area contributed by atoms with Gasteiger partial charge in [0.1, 0.15) is 10.7 Å². The number of aryl methyl sites for hydroxylation is 1. The van der Waals surface area contributed by atoms with Crippen LogP contribution in [0.25, 0.3) is 22.8 Å². The van der Waals surface area contributed by atoms with Crippen molar-refractivity contribution in [1.29, 1.82) is 5.26 Å². The normalized spacial score (nSPS) is 15.8. The van der Waals surface area contributed by atoms with E-state index in [1.54, 1.807) is 48.6 Å². The molecule has 1 saturated heterocycles. The molecule has 0 spiro atoms. The molecule has 3 aromatic heterocycles. The third-order valence-electron chi connectivity index (χ3n) is 8.11. The van der Waals surface area contributed by atoms with Gasteiger partial charge in [0.15, 0.2) is 5.60 Å². The molecule has 1 N–H and O–H groups in total. The number of pyridine rings is 1. The van der Waals surface area contributed by atoms with Crippen LogP contribution in [-0.2, 0) is 16.8 Å². The van der Waals surface area contributed by atoms with Crippen LogP contribution in [0.1, 0.15) is 84.7 Å². The predicted octanol–water partition coefficient (Wildman–Crippen LogP) is 7.40. The summed E-state index contributed by atoms with van der Waals surface area (Å²) in [5.74, 6) is -0.0924. The molecule has 5 aromatic rings. The van der Waals surface area contributed by atoms with Crippen molar-refractivity contribution < 1.29 is 18.7 Å². The molecule has 1 fully saturated rings. The molecular formula is C37H37N7O4S. The maximum absolute atomic E-state index is 14.2. The highest BCUT2D eigenvalue weighted by Crippen LogP contribution is 2.37. The van der Waals surface area contributed by atoms with Gasteiger partial charge < -0.3 is 19.4 Å². The van der Waals surface area contributed by atoms with Gasteiger partial charge in [-0.2, -0.15) is 5.26 Å². The molecule has 0 radical (unpaired) electrons. The lowest BCUT2D eigenvalue weighted by molar-refractivity contribution is -0.00123. The van der Waals surface area contributed by atoms with Crippen LogP contribution >= 0.6 is 11.3 Å². The zero-order chi connectivity index (χ0) is 34.8. The van der Waals surface area contributed by atoms with Gasteiger partial charge in [0.25, 0.3) is 17.7 Å². The van der Waals surface area contributed by atoms with Crippen LogP contribution < -0.4 is 5.32 Å². The van der Waals surface area contributed by atoms with E-state index >= 15 is 0 Å². The van der Waals surface area contributed by atoms with Crippen molar-refractivity contribution in [3.8, 4) is 28.9 Å². The number of hydrogen-bond donors (Lipinski definition) is 1. The molecule has 49 heavy (non-hydrogen) atoms. The number of alkyl carbamates (subject to hydrolysis) is 1. The fraction of sp³-hybridized carbons (Fsp3) is 0.324. The summed E-state index contributed by atoms with van der Waals surface area (Å²) in [5, 5.41) is 24.3. The monoisotopic (exact) mass is 675 g/mol. The zero-order valence-corrected chi connectivity index (χ0v) is 28.9. The van der Waals surface area contributed by atoms with Crippen LogP contribution in [0.15, 0.2) is 76.5 Å². The molecule has 6 rings (SSSR count). The quantitative estimate of drug-likeness (QED) is 0.178. The van der Waals surface area contributed by atoms with E-state index in [0.717, 1.165) is 29.1 Å². The SMILES string of the molecule is Cc1csc([C@H]2CCCN2C(=O)c2cc(-c3nnc([C@@](C)(Cc4ccccc4)OC(=O)NC(C)(C)C)o3)nc(-c3ccccc3C#N)c2)n1. The van der Waals surface area contributed by atoms with Crippen LogP contribution in [0, 0.1) is 18.3 Å². The Morgan fingerprint density at radius 1 is 1.04 bits per heavy atom. The van der Waals surface area contributed by atoms with Crippen LogP contribution in [0.4, 0.5) is 4.79 Å². The number of amides is 2. The third-order valence-corrected chi connectivity index (χ3v) is 9.17. The molecule has 11 nitrogen and oxygen atoms in total. The fourth-order valence-corrected chi connectivity index (χ4v) is 6.82. The van der Waals surface area contributed by atoms with Gasteiger partial charge in [-0.15, -0.1) is 21.5 Å². The Bertz CT molecular complexity index is 2030. The number of nitriles is 1. The number of likely N-dealkylation sites (tertiary alicyclic amines) is 1. The highest BCUT2D eigenvalue weighted by atomic mass is 32.1. The summed E-state index contributed by atoms with van der Waals surface area (Å²) in [4.78, 5) is 38.6. The molecule has 1 aliphatic rings. The number of aromatic nitrogens is 4. The summed E-state index contributed by atoms with van der Waals surface area (Å²) < 4.78 is 12.2. The molecule has 2 atom stereocenters. The van der Waals surface area contributed by atoms with Crippen LogP contribution in [0.5, 0.6) is 0 Å². The second-order valence-electron chi connectivity index (χ2n) is 13.3. The molecule has 1 aliphatic heterocycles. The lowest BCUT2D eigenvalue weighted by atomic mass is 9.96. The van der Waals surface area contributed by atoms with Gasteiger partial charge in [-0.3, -0.25) is 4.79 Å². The molecule has 0 aliphatic carbocycles. The Hall–Kier alpha value is -5.41. The first-order valence-corrected chi connectivity index (χ1v) is 16.9. The minimum Gasteiger partial charge on any atom is -0.433 e. The van der Waals surface area contributed by atoms with E-state index in [2.05, 4.69) is 26.6 Å². The molecule has 0 saturated carbocycles. The van der Waals surface area contributed by atoms with E-state index in [0.29, 0.717) is 28.9 Å². The lowest BCUT2D eigenvalue weighted by Crippen LogP contribution is -2.45. The van der Waals surface area contributed by atoms with Gasteiger partial charge in [-0.05, 0) is 71.2 Å². The van der Waals surface area contributed by atoms with Crippen LogP contribution in [-0.4, -0.2) is 49.1 Å². The maximum atomic E-state index is 14.2. The first-order valence-electron chi connectivity index (χ1n) is 16.1. The van der Waals surface area contributed by atoms with Crippen molar-refractivity contribution in [3.63, 3.8) is 0 Å². The third kappa shape index (κ3) is 7.52. The Morgan fingerprint density at radius 2 is 1.78 bits per heavy atom. The average Bonchev–Trinajstić information content (AvgIpc) is 3.85. The van der Waals surface area contributed by atoms with Gasteiger partial charge in [0, 0.05) is 40.7 Å². The summed E-state index contributed by atoms with van der Waals surface area (Å²) in [6, 6.07) is 22.0. The highest BCUT2D eigenvalue weighted by molar-refractivity contribution is 7.09. The summed E-state index contributed by atoms with van der Waals surface area (Å²) in [5.41, 5.74) is 1.91. The minimum absolute atomic E-state index is 0.0352. The van der Waals surface area contributed by atoms with Crippen LogP contribution in [0.3, 0.4) is 0 Å². The van der Waals surface area contributed by atoms with E-state index < -0.39 is 17.2 Å². The van der Waals surface area contributed by atoms with Crippen molar-refractivity contribution in [1.82, 2.24) is 30.4 Å². The molecule has 2 aromatic carbocycles. The number of carbonyl (C=O) groups is 2. The summed E-state index contributed by atoms with van der Waals surface area (Å²) in [6.45, 7) is 9.82. The van der Waals surface area contributed by atoms with Crippen molar-refractivity contribution in [2.75, 3.05) is 6.54 Å². The van der Waals surface area contributed by atoms with E-state index in [1.165, 1.54) is 0 Å². The molecule has 0 bridgehead atoms. The number of nitrogens with zero attached hydrogens (tertiary/aromatic N) is 6.